The first-order chi connectivity index (χ1) is 9.30. The van der Waals surface area contributed by atoms with E-state index < -0.39 is 0 Å². The molecule has 1 aromatic rings. The molecule has 1 aromatic carbocycles. The molecule has 1 aliphatic rings. The molecule has 0 saturated heterocycles. The molecule has 0 atom stereocenters. The summed E-state index contributed by atoms with van der Waals surface area (Å²) in [6.07, 6.45) is 12.5. The molecule has 0 amide bonds. The van der Waals surface area contributed by atoms with Gasteiger partial charge >= 0.3 is 0 Å². The third-order valence-corrected chi connectivity index (χ3v) is 4.87. The van der Waals surface area contributed by atoms with E-state index in [1.165, 1.54) is 63.4 Å². The Balaban J connectivity index is 2.14. The molecule has 0 spiro atoms. The predicted octanol–water partition coefficient (Wildman–Crippen LogP) is 4.93. The fraction of sp³-hybridized carbons (Fsp3) is 0.667. The molecule has 19 heavy (non-hydrogen) atoms. The minimum Gasteiger partial charge on any atom is -0.326 e. The van der Waals surface area contributed by atoms with Crippen molar-refractivity contribution in [3.05, 3.63) is 35.4 Å². The topological polar surface area (TPSA) is 26.0 Å². The Hall–Kier alpha value is -0.820. The van der Waals surface area contributed by atoms with E-state index in [1.54, 1.807) is 5.56 Å². The summed E-state index contributed by atoms with van der Waals surface area (Å²) in [6, 6.07) is 9.15. The van der Waals surface area contributed by atoms with Crippen molar-refractivity contribution >= 4 is 0 Å². The maximum absolute atomic E-state index is 5.71. The number of nitrogens with two attached hydrogens (primary N) is 1. The SMILES string of the molecule is CCCCCC1(c2ccc(CN)cc2)CCCCC1. The summed E-state index contributed by atoms with van der Waals surface area (Å²) < 4.78 is 0. The van der Waals surface area contributed by atoms with Crippen molar-refractivity contribution in [3.63, 3.8) is 0 Å². The first-order valence-electron chi connectivity index (χ1n) is 8.10. The van der Waals surface area contributed by atoms with E-state index in [2.05, 4.69) is 31.2 Å². The van der Waals surface area contributed by atoms with E-state index in [1.807, 2.05) is 0 Å². The molecular formula is C18H29N. The summed E-state index contributed by atoms with van der Waals surface area (Å²) in [5.74, 6) is 0. The normalized spacial score (nSPS) is 18.4. The summed E-state index contributed by atoms with van der Waals surface area (Å²) in [5, 5.41) is 0. The van der Waals surface area contributed by atoms with Gasteiger partial charge < -0.3 is 5.73 Å². The van der Waals surface area contributed by atoms with Crippen LogP contribution in [0.1, 0.15) is 75.8 Å². The highest BCUT2D eigenvalue weighted by molar-refractivity contribution is 5.29. The number of benzene rings is 1. The lowest BCUT2D eigenvalue weighted by Crippen LogP contribution is -2.29. The van der Waals surface area contributed by atoms with Crippen molar-refractivity contribution in [1.82, 2.24) is 0 Å². The minimum atomic E-state index is 0.473. The van der Waals surface area contributed by atoms with E-state index in [-0.39, 0.29) is 0 Å². The van der Waals surface area contributed by atoms with Crippen LogP contribution in [0.4, 0.5) is 0 Å². The van der Waals surface area contributed by atoms with Gasteiger partial charge in [0, 0.05) is 6.54 Å². The van der Waals surface area contributed by atoms with Crippen molar-refractivity contribution < 1.29 is 0 Å². The molecule has 1 heteroatoms. The van der Waals surface area contributed by atoms with Crippen LogP contribution in [0.15, 0.2) is 24.3 Å². The second-order valence-electron chi connectivity index (χ2n) is 6.20. The third-order valence-electron chi connectivity index (χ3n) is 4.87. The smallest absolute Gasteiger partial charge is 0.0178 e. The molecule has 0 heterocycles. The monoisotopic (exact) mass is 259 g/mol. The summed E-state index contributed by atoms with van der Waals surface area (Å²) in [4.78, 5) is 0. The van der Waals surface area contributed by atoms with Crippen LogP contribution in [0, 0.1) is 0 Å². The maximum atomic E-state index is 5.71. The Morgan fingerprint density at radius 2 is 1.68 bits per heavy atom. The molecule has 1 fully saturated rings. The number of hydrogen-bond donors (Lipinski definition) is 1. The largest absolute Gasteiger partial charge is 0.326 e. The molecule has 0 aromatic heterocycles. The zero-order valence-electron chi connectivity index (χ0n) is 12.5. The van der Waals surface area contributed by atoms with E-state index >= 15 is 0 Å². The average molecular weight is 259 g/mol. The van der Waals surface area contributed by atoms with Gasteiger partial charge in [-0.1, -0.05) is 69.7 Å². The molecule has 106 valence electrons. The Morgan fingerprint density at radius 3 is 2.26 bits per heavy atom. The highest BCUT2D eigenvalue weighted by Gasteiger charge is 2.32. The van der Waals surface area contributed by atoms with Gasteiger partial charge in [0.1, 0.15) is 0 Å². The molecule has 0 aliphatic heterocycles. The van der Waals surface area contributed by atoms with Gasteiger partial charge in [-0.2, -0.15) is 0 Å². The van der Waals surface area contributed by atoms with Crippen LogP contribution >= 0.6 is 0 Å². The standard InChI is InChI=1S/C18H29N/c1-2-3-5-12-18(13-6-4-7-14-18)17-10-8-16(15-19)9-11-17/h8-11H,2-7,12-15,19H2,1H3. The van der Waals surface area contributed by atoms with Crippen molar-refractivity contribution in [2.45, 2.75) is 76.7 Å². The summed E-state index contributed by atoms with van der Waals surface area (Å²) in [7, 11) is 0. The van der Waals surface area contributed by atoms with Gasteiger partial charge in [-0.25, -0.2) is 0 Å². The molecular weight excluding hydrogens is 230 g/mol. The Bertz CT molecular complexity index is 360. The van der Waals surface area contributed by atoms with Gasteiger partial charge in [-0.3, -0.25) is 0 Å². The number of unbranched alkanes of at least 4 members (excludes halogenated alkanes) is 2. The quantitative estimate of drug-likeness (QED) is 0.720. The van der Waals surface area contributed by atoms with Crippen molar-refractivity contribution in [2.24, 2.45) is 5.73 Å². The van der Waals surface area contributed by atoms with Crippen molar-refractivity contribution in [1.29, 1.82) is 0 Å². The zero-order valence-corrected chi connectivity index (χ0v) is 12.5. The van der Waals surface area contributed by atoms with Gasteiger partial charge in [-0.15, -0.1) is 0 Å². The van der Waals surface area contributed by atoms with Gasteiger partial charge in [0.15, 0.2) is 0 Å². The first kappa shape index (κ1) is 14.6. The third kappa shape index (κ3) is 3.60. The molecule has 2 rings (SSSR count). The van der Waals surface area contributed by atoms with Gasteiger partial charge in [0.2, 0.25) is 0 Å². The van der Waals surface area contributed by atoms with E-state index in [0.717, 1.165) is 0 Å². The lowest BCUT2D eigenvalue weighted by Gasteiger charge is -2.38. The van der Waals surface area contributed by atoms with Crippen LogP contribution < -0.4 is 5.73 Å². The second-order valence-corrected chi connectivity index (χ2v) is 6.20. The number of hydrogen-bond acceptors (Lipinski definition) is 1. The summed E-state index contributed by atoms with van der Waals surface area (Å²) in [5.41, 5.74) is 9.01. The Kier molecular flexibility index (Phi) is 5.45. The molecule has 0 radical (unpaired) electrons. The molecule has 1 nitrogen and oxygen atoms in total. The van der Waals surface area contributed by atoms with Gasteiger partial charge in [0.05, 0.1) is 0 Å². The van der Waals surface area contributed by atoms with E-state index in [4.69, 9.17) is 5.73 Å². The van der Waals surface area contributed by atoms with Crippen molar-refractivity contribution in [3.8, 4) is 0 Å². The zero-order chi connectivity index (χ0) is 13.6. The maximum Gasteiger partial charge on any atom is 0.0178 e. The van der Waals surface area contributed by atoms with Crippen LogP contribution in [0.3, 0.4) is 0 Å². The average Bonchev–Trinajstić information content (AvgIpc) is 2.49. The van der Waals surface area contributed by atoms with Crippen molar-refractivity contribution in [2.75, 3.05) is 0 Å². The van der Waals surface area contributed by atoms with Crippen LogP contribution in [0.25, 0.3) is 0 Å². The Labute approximate surface area is 118 Å². The minimum absolute atomic E-state index is 0.473. The summed E-state index contributed by atoms with van der Waals surface area (Å²) >= 11 is 0. The first-order valence-corrected chi connectivity index (χ1v) is 8.10. The fourth-order valence-corrected chi connectivity index (χ4v) is 3.62. The Morgan fingerprint density at radius 1 is 1.00 bits per heavy atom. The lowest BCUT2D eigenvalue weighted by atomic mass is 9.66. The lowest BCUT2D eigenvalue weighted by molar-refractivity contribution is 0.266. The molecule has 0 unspecified atom stereocenters. The predicted molar refractivity (Wildman–Crippen MR) is 83.2 cm³/mol. The molecule has 1 saturated carbocycles. The number of rotatable bonds is 6. The van der Waals surface area contributed by atoms with Gasteiger partial charge in [-0.05, 0) is 35.8 Å². The van der Waals surface area contributed by atoms with Crippen LogP contribution in [0.5, 0.6) is 0 Å². The molecule has 0 bridgehead atoms. The highest BCUT2D eigenvalue weighted by Crippen LogP contribution is 2.43. The highest BCUT2D eigenvalue weighted by atomic mass is 14.5. The fourth-order valence-electron chi connectivity index (χ4n) is 3.62. The molecule has 2 N–H and O–H groups in total. The molecule has 1 aliphatic carbocycles. The summed E-state index contributed by atoms with van der Waals surface area (Å²) in [6.45, 7) is 2.95. The second kappa shape index (κ2) is 7.09. The van der Waals surface area contributed by atoms with E-state index in [0.29, 0.717) is 12.0 Å². The van der Waals surface area contributed by atoms with Crippen LogP contribution in [-0.2, 0) is 12.0 Å². The van der Waals surface area contributed by atoms with Crippen LogP contribution in [-0.4, -0.2) is 0 Å². The van der Waals surface area contributed by atoms with Gasteiger partial charge in [0.25, 0.3) is 0 Å². The van der Waals surface area contributed by atoms with E-state index in [9.17, 15) is 0 Å². The van der Waals surface area contributed by atoms with Crippen LogP contribution in [0.2, 0.25) is 0 Å².